The number of esters is 1. The zero-order valence-electron chi connectivity index (χ0n) is 22.4. The molecule has 10 nitrogen and oxygen atoms in total. The fraction of sp³-hybridized carbons (Fsp3) is 0.577. The molecule has 0 saturated carbocycles. The highest BCUT2D eigenvalue weighted by Gasteiger charge is 2.37. The van der Waals surface area contributed by atoms with Crippen molar-refractivity contribution in [2.75, 3.05) is 20.2 Å². The van der Waals surface area contributed by atoms with E-state index in [9.17, 15) is 24.4 Å². The average molecular weight is 503 g/mol. The Morgan fingerprint density at radius 1 is 1.08 bits per heavy atom. The van der Waals surface area contributed by atoms with Crippen LogP contribution in [0.15, 0.2) is 18.2 Å². The Labute approximate surface area is 213 Å². The number of hydrogen-bond acceptors (Lipinski definition) is 7. The van der Waals surface area contributed by atoms with Gasteiger partial charge in [-0.2, -0.15) is 5.26 Å². The molecule has 36 heavy (non-hydrogen) atoms. The third kappa shape index (κ3) is 9.94. The number of nitriles is 1. The lowest BCUT2D eigenvalue weighted by Gasteiger charge is -2.33. The highest BCUT2D eigenvalue weighted by Crippen LogP contribution is 2.25. The van der Waals surface area contributed by atoms with Crippen molar-refractivity contribution in [1.82, 2.24) is 15.5 Å². The number of benzene rings is 1. The normalized spacial score (nSPS) is 12.7. The van der Waals surface area contributed by atoms with Crippen molar-refractivity contribution in [2.45, 2.75) is 72.6 Å². The van der Waals surface area contributed by atoms with Crippen molar-refractivity contribution in [3.63, 3.8) is 0 Å². The number of nitrogens with zero attached hydrogens (tertiary/aromatic N) is 2. The molecule has 0 aromatic heterocycles. The van der Waals surface area contributed by atoms with Crippen LogP contribution in [0.1, 0.15) is 63.8 Å². The summed E-state index contributed by atoms with van der Waals surface area (Å²) in [5, 5.41) is 14.7. The van der Waals surface area contributed by atoms with Gasteiger partial charge in [-0.3, -0.25) is 14.4 Å². The van der Waals surface area contributed by atoms with Gasteiger partial charge in [0, 0.05) is 0 Å². The Kier molecular flexibility index (Phi) is 11.4. The molecule has 1 rings (SSSR count). The van der Waals surface area contributed by atoms with E-state index in [0.717, 1.165) is 16.0 Å². The van der Waals surface area contributed by atoms with Crippen LogP contribution in [0.25, 0.3) is 0 Å². The Bertz CT molecular complexity index is 973. The first-order valence-electron chi connectivity index (χ1n) is 11.8. The summed E-state index contributed by atoms with van der Waals surface area (Å²) in [5.41, 5.74) is 1.40. The second-order valence-electron chi connectivity index (χ2n) is 10.1. The molecule has 0 bridgehead atoms. The van der Waals surface area contributed by atoms with Gasteiger partial charge in [0.2, 0.25) is 11.8 Å². The largest absolute Gasteiger partial charge is 0.468 e. The van der Waals surface area contributed by atoms with Gasteiger partial charge in [0.1, 0.15) is 30.8 Å². The van der Waals surface area contributed by atoms with Crippen LogP contribution in [0, 0.1) is 31.1 Å². The van der Waals surface area contributed by atoms with E-state index in [1.807, 2.05) is 39.8 Å². The maximum atomic E-state index is 13.8. The molecule has 0 aliphatic heterocycles. The van der Waals surface area contributed by atoms with E-state index in [1.54, 1.807) is 32.9 Å². The van der Waals surface area contributed by atoms with Gasteiger partial charge in [-0.05, 0) is 52.5 Å². The zero-order chi connectivity index (χ0) is 27.6. The third-order valence-electron chi connectivity index (χ3n) is 4.97. The van der Waals surface area contributed by atoms with Crippen LogP contribution in [-0.4, -0.2) is 60.6 Å². The number of aryl methyl sites for hydroxylation is 2. The first-order valence-corrected chi connectivity index (χ1v) is 11.8. The molecule has 0 saturated heterocycles. The number of rotatable bonds is 10. The number of nitrogens with one attached hydrogen (secondary N) is 2. The average Bonchev–Trinajstić information content (AvgIpc) is 2.73. The molecule has 0 spiro atoms. The van der Waals surface area contributed by atoms with Crippen molar-refractivity contribution in [1.29, 1.82) is 5.26 Å². The van der Waals surface area contributed by atoms with Crippen LogP contribution in [0.4, 0.5) is 4.79 Å². The topological polar surface area (TPSA) is 138 Å². The quantitative estimate of drug-likeness (QED) is 0.371. The van der Waals surface area contributed by atoms with Gasteiger partial charge in [-0.25, -0.2) is 4.79 Å². The van der Waals surface area contributed by atoms with E-state index < -0.39 is 54.7 Å². The van der Waals surface area contributed by atoms with Crippen LogP contribution in [0.5, 0.6) is 0 Å². The molecular formula is C26H38N4O6. The van der Waals surface area contributed by atoms with Gasteiger partial charge in [0.25, 0.3) is 0 Å². The third-order valence-corrected chi connectivity index (χ3v) is 4.97. The van der Waals surface area contributed by atoms with E-state index in [-0.39, 0.29) is 12.3 Å². The van der Waals surface area contributed by atoms with Gasteiger partial charge >= 0.3 is 12.1 Å². The Balaban J connectivity index is 3.50. The van der Waals surface area contributed by atoms with Crippen LogP contribution >= 0.6 is 0 Å². The number of ether oxygens (including phenoxy) is 2. The summed E-state index contributed by atoms with van der Waals surface area (Å²) in [7, 11) is 1.19. The summed E-state index contributed by atoms with van der Waals surface area (Å²) in [6, 6.07) is 5.07. The smallest absolute Gasteiger partial charge is 0.408 e. The standard InChI is InChI=1S/C26H38N4O6/c1-16(2)11-20(29-25(34)36-26(5,6)7)24(33)30(10-9-27)22(23(32)28-15-21(31)35-8)19-13-17(3)12-18(4)14-19/h12-14,16,20,22H,10-11,15H2,1-8H3,(H,28,32)(H,29,34). The summed E-state index contributed by atoms with van der Waals surface area (Å²) in [5.74, 6) is -1.93. The lowest BCUT2D eigenvalue weighted by molar-refractivity contribution is -0.144. The minimum atomic E-state index is -1.23. The van der Waals surface area contributed by atoms with Crippen LogP contribution < -0.4 is 10.6 Å². The molecule has 3 amide bonds. The number of alkyl carbamates (subject to hydrolysis) is 1. The Morgan fingerprint density at radius 2 is 1.67 bits per heavy atom. The Hall–Kier alpha value is -3.61. The van der Waals surface area contributed by atoms with Crippen molar-refractivity contribution >= 4 is 23.9 Å². The molecular weight excluding hydrogens is 464 g/mol. The van der Waals surface area contributed by atoms with Crippen LogP contribution in [0.3, 0.4) is 0 Å². The van der Waals surface area contributed by atoms with Gasteiger partial charge in [0.15, 0.2) is 0 Å². The maximum absolute atomic E-state index is 13.8. The predicted molar refractivity (Wildman–Crippen MR) is 134 cm³/mol. The monoisotopic (exact) mass is 502 g/mol. The number of hydrogen-bond donors (Lipinski definition) is 2. The molecule has 2 atom stereocenters. The number of methoxy groups -OCH3 is 1. The first kappa shape index (κ1) is 30.4. The number of carbonyl (C=O) groups is 4. The van der Waals surface area contributed by atoms with Crippen molar-refractivity contribution in [2.24, 2.45) is 5.92 Å². The van der Waals surface area contributed by atoms with E-state index in [0.29, 0.717) is 5.56 Å². The fourth-order valence-corrected chi connectivity index (χ4v) is 3.68. The number of carbonyl (C=O) groups excluding carboxylic acids is 4. The molecule has 1 aromatic carbocycles. The van der Waals surface area contributed by atoms with Crippen molar-refractivity contribution < 1.29 is 28.7 Å². The SMILES string of the molecule is COC(=O)CNC(=O)C(c1cc(C)cc(C)c1)N(CC#N)C(=O)C(CC(C)C)NC(=O)OC(C)(C)C. The predicted octanol–water partition coefficient (Wildman–Crippen LogP) is 2.93. The zero-order valence-corrected chi connectivity index (χ0v) is 22.4. The summed E-state index contributed by atoms with van der Waals surface area (Å²) in [6.45, 7) is 11.8. The molecule has 0 radical (unpaired) electrons. The highest BCUT2D eigenvalue weighted by molar-refractivity contribution is 5.93. The maximum Gasteiger partial charge on any atom is 0.408 e. The van der Waals surface area contributed by atoms with E-state index in [1.165, 1.54) is 7.11 Å². The molecule has 0 heterocycles. The molecule has 2 N–H and O–H groups in total. The van der Waals surface area contributed by atoms with Crippen molar-refractivity contribution in [3.05, 3.63) is 34.9 Å². The van der Waals surface area contributed by atoms with Crippen molar-refractivity contribution in [3.8, 4) is 6.07 Å². The summed E-state index contributed by atoms with van der Waals surface area (Å²) < 4.78 is 9.92. The molecule has 10 heteroatoms. The molecule has 2 unspecified atom stereocenters. The second-order valence-corrected chi connectivity index (χ2v) is 10.1. The van der Waals surface area contributed by atoms with Gasteiger partial charge in [0.05, 0.1) is 13.2 Å². The van der Waals surface area contributed by atoms with E-state index in [2.05, 4.69) is 15.4 Å². The molecule has 0 fully saturated rings. The van der Waals surface area contributed by atoms with Gasteiger partial charge < -0.3 is 25.0 Å². The molecule has 1 aromatic rings. The highest BCUT2D eigenvalue weighted by atomic mass is 16.6. The summed E-state index contributed by atoms with van der Waals surface area (Å²) in [4.78, 5) is 52.4. The van der Waals surface area contributed by atoms with E-state index in [4.69, 9.17) is 4.74 Å². The molecule has 0 aliphatic rings. The summed E-state index contributed by atoms with van der Waals surface area (Å²) >= 11 is 0. The molecule has 198 valence electrons. The van der Waals surface area contributed by atoms with E-state index >= 15 is 0 Å². The molecule has 0 aliphatic carbocycles. The number of amides is 3. The minimum Gasteiger partial charge on any atom is -0.468 e. The lowest BCUT2D eigenvalue weighted by Crippen LogP contribution is -2.53. The Morgan fingerprint density at radius 3 is 2.14 bits per heavy atom. The minimum absolute atomic E-state index is 0.00522. The van der Waals surface area contributed by atoms with Crippen LogP contribution in [0.2, 0.25) is 0 Å². The van der Waals surface area contributed by atoms with Gasteiger partial charge in [-0.1, -0.05) is 43.2 Å². The van der Waals surface area contributed by atoms with Gasteiger partial charge in [-0.15, -0.1) is 0 Å². The summed E-state index contributed by atoms with van der Waals surface area (Å²) in [6.07, 6.45) is -0.528. The van der Waals surface area contributed by atoms with Crippen LogP contribution in [-0.2, 0) is 23.9 Å². The first-order chi connectivity index (χ1) is 16.7. The lowest BCUT2D eigenvalue weighted by atomic mass is 9.97. The fourth-order valence-electron chi connectivity index (χ4n) is 3.68. The second kappa shape index (κ2) is 13.5.